The first-order valence-electron chi connectivity index (χ1n) is 7.46. The van der Waals surface area contributed by atoms with Crippen molar-refractivity contribution in [3.8, 4) is 0 Å². The number of rotatable bonds is 5. The summed E-state index contributed by atoms with van der Waals surface area (Å²) in [7, 11) is -3.11. The van der Waals surface area contributed by atoms with E-state index in [0.29, 0.717) is 30.6 Å². The van der Waals surface area contributed by atoms with Gasteiger partial charge in [0.15, 0.2) is 5.13 Å². The monoisotopic (exact) mass is 345 g/mol. The summed E-state index contributed by atoms with van der Waals surface area (Å²) in [5.41, 5.74) is 0.988. The first-order valence-corrected chi connectivity index (χ1v) is 10.2. The van der Waals surface area contributed by atoms with E-state index in [0.717, 1.165) is 18.5 Å². The van der Waals surface area contributed by atoms with Gasteiger partial charge in [-0.15, -0.1) is 11.3 Å². The molecule has 2 heterocycles. The summed E-state index contributed by atoms with van der Waals surface area (Å²) in [5, 5.41) is 5.45. The summed E-state index contributed by atoms with van der Waals surface area (Å²) in [4.78, 5) is 16.4. The van der Waals surface area contributed by atoms with Gasteiger partial charge in [-0.3, -0.25) is 4.79 Å². The Bertz CT molecular complexity index is 617. The molecule has 0 aromatic carbocycles. The number of sulfonamides is 1. The fourth-order valence-electron chi connectivity index (χ4n) is 2.49. The molecule has 1 aliphatic heterocycles. The van der Waals surface area contributed by atoms with Crippen LogP contribution in [0.25, 0.3) is 0 Å². The minimum atomic E-state index is -3.11. The van der Waals surface area contributed by atoms with Crippen LogP contribution in [0, 0.1) is 5.92 Å². The molecule has 0 aliphatic carbocycles. The molecule has 0 bridgehead atoms. The van der Waals surface area contributed by atoms with Crippen molar-refractivity contribution in [2.45, 2.75) is 39.0 Å². The largest absolute Gasteiger partial charge is 0.302 e. The molecule has 0 saturated carbocycles. The van der Waals surface area contributed by atoms with Gasteiger partial charge in [-0.2, -0.15) is 0 Å². The van der Waals surface area contributed by atoms with E-state index in [-0.39, 0.29) is 11.8 Å². The number of thiazole rings is 1. The van der Waals surface area contributed by atoms with Gasteiger partial charge in [-0.1, -0.05) is 13.8 Å². The minimum absolute atomic E-state index is 0.0394. The van der Waals surface area contributed by atoms with Crippen molar-refractivity contribution in [3.63, 3.8) is 0 Å². The second-order valence-corrected chi connectivity index (χ2v) is 8.93. The van der Waals surface area contributed by atoms with Crippen LogP contribution in [0.5, 0.6) is 0 Å². The van der Waals surface area contributed by atoms with Gasteiger partial charge in [0.05, 0.1) is 11.9 Å². The second kappa shape index (κ2) is 7.06. The molecule has 2 rings (SSSR count). The highest BCUT2D eigenvalue weighted by Gasteiger charge is 2.26. The number of carbonyl (C=O) groups is 1. The third-order valence-corrected chi connectivity index (χ3v) is 5.96. The molecule has 124 valence electrons. The molecule has 6 nitrogen and oxygen atoms in total. The first kappa shape index (κ1) is 17.4. The number of nitrogens with one attached hydrogen (secondary N) is 1. The maximum Gasteiger partial charge on any atom is 0.226 e. The van der Waals surface area contributed by atoms with Gasteiger partial charge < -0.3 is 5.32 Å². The molecule has 1 aromatic heterocycles. The highest BCUT2D eigenvalue weighted by molar-refractivity contribution is 7.88. The third kappa shape index (κ3) is 4.76. The van der Waals surface area contributed by atoms with E-state index in [1.807, 2.05) is 5.38 Å². The van der Waals surface area contributed by atoms with E-state index in [1.54, 1.807) is 0 Å². The number of aromatic nitrogens is 1. The Kier molecular flexibility index (Phi) is 5.57. The number of piperidine rings is 1. The molecule has 22 heavy (non-hydrogen) atoms. The van der Waals surface area contributed by atoms with Gasteiger partial charge in [0.2, 0.25) is 15.9 Å². The van der Waals surface area contributed by atoms with Gasteiger partial charge >= 0.3 is 0 Å². The second-order valence-electron chi connectivity index (χ2n) is 6.09. The highest BCUT2D eigenvalue weighted by atomic mass is 32.2. The van der Waals surface area contributed by atoms with E-state index in [9.17, 15) is 13.2 Å². The van der Waals surface area contributed by atoms with Crippen molar-refractivity contribution in [2.24, 2.45) is 5.92 Å². The maximum atomic E-state index is 12.1. The van der Waals surface area contributed by atoms with Crippen LogP contribution in [0.1, 0.15) is 44.7 Å². The molecular formula is C14H23N3O3S2. The Labute approximate surface area is 136 Å². The van der Waals surface area contributed by atoms with Crippen molar-refractivity contribution >= 4 is 32.4 Å². The van der Waals surface area contributed by atoms with Crippen LogP contribution >= 0.6 is 11.3 Å². The van der Waals surface area contributed by atoms with E-state index < -0.39 is 10.0 Å². The molecule has 1 aromatic rings. The van der Waals surface area contributed by atoms with Gasteiger partial charge in [-0.25, -0.2) is 17.7 Å². The SMILES string of the molecule is CC(C)c1csc(NC(=O)CC2CCN(S(C)(=O)=O)CC2)n1. The number of hydrogen-bond donors (Lipinski definition) is 1. The molecule has 1 amide bonds. The van der Waals surface area contributed by atoms with Crippen LogP contribution in [0.3, 0.4) is 0 Å². The molecule has 8 heteroatoms. The van der Waals surface area contributed by atoms with E-state index in [4.69, 9.17) is 0 Å². The molecule has 1 fully saturated rings. The van der Waals surface area contributed by atoms with Crippen molar-refractivity contribution in [1.29, 1.82) is 0 Å². The molecule has 1 aliphatic rings. The Balaban J connectivity index is 1.80. The number of anilines is 1. The van der Waals surface area contributed by atoms with E-state index >= 15 is 0 Å². The molecule has 1 saturated heterocycles. The fraction of sp³-hybridized carbons (Fsp3) is 0.714. The number of nitrogens with zero attached hydrogens (tertiary/aromatic N) is 2. The van der Waals surface area contributed by atoms with Gasteiger partial charge in [0.25, 0.3) is 0 Å². The van der Waals surface area contributed by atoms with E-state index in [1.165, 1.54) is 21.9 Å². The average Bonchev–Trinajstić information content (AvgIpc) is 2.86. The predicted octanol–water partition coefficient (Wildman–Crippen LogP) is 2.27. The zero-order valence-electron chi connectivity index (χ0n) is 13.2. The molecule has 0 radical (unpaired) electrons. The number of carbonyl (C=O) groups excluding carboxylic acids is 1. The van der Waals surface area contributed by atoms with Gasteiger partial charge in [-0.05, 0) is 24.7 Å². The maximum absolute atomic E-state index is 12.1. The Morgan fingerprint density at radius 2 is 2.09 bits per heavy atom. The molecular weight excluding hydrogens is 322 g/mol. The van der Waals surface area contributed by atoms with Crippen LogP contribution < -0.4 is 5.32 Å². The highest BCUT2D eigenvalue weighted by Crippen LogP contribution is 2.24. The summed E-state index contributed by atoms with van der Waals surface area (Å²) < 4.78 is 24.4. The van der Waals surface area contributed by atoms with Crippen molar-refractivity contribution in [3.05, 3.63) is 11.1 Å². The predicted molar refractivity (Wildman–Crippen MR) is 88.6 cm³/mol. The third-order valence-electron chi connectivity index (χ3n) is 3.88. The Hall–Kier alpha value is -0.990. The smallest absolute Gasteiger partial charge is 0.226 e. The topological polar surface area (TPSA) is 79.4 Å². The van der Waals surface area contributed by atoms with Crippen LogP contribution in [-0.2, 0) is 14.8 Å². The van der Waals surface area contributed by atoms with Gasteiger partial charge in [0, 0.05) is 24.9 Å². The summed E-state index contributed by atoms with van der Waals surface area (Å²) in [6, 6.07) is 0. The van der Waals surface area contributed by atoms with Crippen LogP contribution in [0.2, 0.25) is 0 Å². The van der Waals surface area contributed by atoms with Crippen molar-refractivity contribution in [1.82, 2.24) is 9.29 Å². The van der Waals surface area contributed by atoms with Crippen LogP contribution in [0.4, 0.5) is 5.13 Å². The lowest BCUT2D eigenvalue weighted by molar-refractivity contribution is -0.117. The Morgan fingerprint density at radius 3 is 2.59 bits per heavy atom. The zero-order valence-corrected chi connectivity index (χ0v) is 14.8. The van der Waals surface area contributed by atoms with Crippen molar-refractivity contribution < 1.29 is 13.2 Å². The summed E-state index contributed by atoms with van der Waals surface area (Å²) in [6.45, 7) is 5.14. The molecule has 0 spiro atoms. The summed E-state index contributed by atoms with van der Waals surface area (Å²) in [5.74, 6) is 0.548. The minimum Gasteiger partial charge on any atom is -0.302 e. The molecule has 1 N–H and O–H groups in total. The fourth-order valence-corrected chi connectivity index (χ4v) is 4.25. The van der Waals surface area contributed by atoms with Crippen LogP contribution in [-0.4, -0.2) is 43.0 Å². The summed E-state index contributed by atoms with van der Waals surface area (Å²) in [6.07, 6.45) is 3.12. The number of amides is 1. The Morgan fingerprint density at radius 1 is 1.45 bits per heavy atom. The number of hydrogen-bond acceptors (Lipinski definition) is 5. The lowest BCUT2D eigenvalue weighted by Crippen LogP contribution is -2.38. The quantitative estimate of drug-likeness (QED) is 0.888. The lowest BCUT2D eigenvalue weighted by Gasteiger charge is -2.29. The standard InChI is InChI=1S/C14H23N3O3S2/c1-10(2)12-9-21-14(15-12)16-13(18)8-11-4-6-17(7-5-11)22(3,19)20/h9-11H,4-8H2,1-3H3,(H,15,16,18). The lowest BCUT2D eigenvalue weighted by atomic mass is 9.94. The van der Waals surface area contributed by atoms with Crippen LogP contribution in [0.15, 0.2) is 5.38 Å². The van der Waals surface area contributed by atoms with E-state index in [2.05, 4.69) is 24.1 Å². The van der Waals surface area contributed by atoms with Gasteiger partial charge in [0.1, 0.15) is 0 Å². The average molecular weight is 345 g/mol. The zero-order chi connectivity index (χ0) is 16.3. The molecule has 0 unspecified atom stereocenters. The first-order chi connectivity index (χ1) is 10.3. The normalized spacial score (nSPS) is 17.8. The molecule has 0 atom stereocenters. The van der Waals surface area contributed by atoms with Crippen molar-refractivity contribution in [2.75, 3.05) is 24.7 Å². The summed E-state index contributed by atoms with van der Waals surface area (Å²) >= 11 is 1.44.